The Morgan fingerprint density at radius 2 is 1.85 bits per heavy atom. The van der Waals surface area contributed by atoms with Gasteiger partial charge in [-0.15, -0.1) is 5.10 Å². The first-order chi connectivity index (χ1) is 12.3. The average molecular weight is 382 g/mol. The molecule has 1 unspecified atom stereocenters. The zero-order valence-corrected chi connectivity index (χ0v) is 14.3. The van der Waals surface area contributed by atoms with Crippen molar-refractivity contribution in [2.24, 2.45) is 5.92 Å². The van der Waals surface area contributed by atoms with Crippen molar-refractivity contribution in [3.63, 3.8) is 0 Å². The lowest BCUT2D eigenvalue weighted by Crippen LogP contribution is -2.19. The van der Waals surface area contributed by atoms with Crippen LogP contribution in [0.2, 0.25) is 5.02 Å². The van der Waals surface area contributed by atoms with Crippen LogP contribution in [0.4, 0.5) is 13.2 Å². The second-order valence-electron chi connectivity index (χ2n) is 6.58. The minimum Gasteiger partial charge on any atom is -0.379 e. The first-order valence-electron chi connectivity index (χ1n) is 8.21. The van der Waals surface area contributed by atoms with Crippen LogP contribution in [-0.4, -0.2) is 26.3 Å². The lowest BCUT2D eigenvalue weighted by atomic mass is 10.0. The van der Waals surface area contributed by atoms with Gasteiger partial charge in [0.2, 0.25) is 0 Å². The predicted octanol–water partition coefficient (Wildman–Crippen LogP) is 4.76. The number of fused-ring (bicyclic) bond motifs is 1. The summed E-state index contributed by atoms with van der Waals surface area (Å²) < 4.78 is 39.7. The second-order valence-corrected chi connectivity index (χ2v) is 6.95. The fourth-order valence-electron chi connectivity index (χ4n) is 2.94. The van der Waals surface area contributed by atoms with Crippen molar-refractivity contribution in [1.29, 1.82) is 0 Å². The SMILES string of the molecule is OC(c1ccc(-c2ccc3c(nnn3CC3CC3)c2Cl)cc1)C(F)(F)F. The maximum Gasteiger partial charge on any atom is 0.418 e. The number of hydrogen-bond donors (Lipinski definition) is 1. The van der Waals surface area contributed by atoms with Crippen molar-refractivity contribution in [3.05, 3.63) is 47.0 Å². The molecule has 136 valence electrons. The molecule has 1 aromatic heterocycles. The zero-order valence-electron chi connectivity index (χ0n) is 13.5. The highest BCUT2D eigenvalue weighted by Gasteiger charge is 2.39. The minimum atomic E-state index is -4.70. The summed E-state index contributed by atoms with van der Waals surface area (Å²) in [6, 6.07) is 9.19. The molecule has 8 heteroatoms. The topological polar surface area (TPSA) is 50.9 Å². The molecule has 4 rings (SSSR count). The van der Waals surface area contributed by atoms with E-state index in [1.54, 1.807) is 0 Å². The molecule has 0 amide bonds. The quantitative estimate of drug-likeness (QED) is 0.709. The van der Waals surface area contributed by atoms with E-state index < -0.39 is 12.3 Å². The maximum absolute atomic E-state index is 12.6. The smallest absolute Gasteiger partial charge is 0.379 e. The third kappa shape index (κ3) is 3.17. The van der Waals surface area contributed by atoms with E-state index in [1.165, 1.54) is 37.1 Å². The molecule has 1 aliphatic carbocycles. The summed E-state index contributed by atoms with van der Waals surface area (Å²) in [4.78, 5) is 0. The van der Waals surface area contributed by atoms with Gasteiger partial charge in [-0.2, -0.15) is 13.2 Å². The molecular formula is C18H15ClF3N3O. The van der Waals surface area contributed by atoms with Gasteiger partial charge in [0.25, 0.3) is 0 Å². The largest absolute Gasteiger partial charge is 0.418 e. The van der Waals surface area contributed by atoms with Crippen molar-refractivity contribution < 1.29 is 18.3 Å². The third-order valence-electron chi connectivity index (χ3n) is 4.60. The molecule has 1 N–H and O–H groups in total. The van der Waals surface area contributed by atoms with Crippen LogP contribution in [0.1, 0.15) is 24.5 Å². The highest BCUT2D eigenvalue weighted by Crippen LogP contribution is 2.37. The summed E-state index contributed by atoms with van der Waals surface area (Å²) in [5.41, 5.74) is 2.50. The number of rotatable bonds is 4. The van der Waals surface area contributed by atoms with Gasteiger partial charge in [-0.25, -0.2) is 4.68 Å². The van der Waals surface area contributed by atoms with E-state index in [0.717, 1.165) is 12.1 Å². The Hall–Kier alpha value is -2.12. The Bertz CT molecular complexity index is 949. The highest BCUT2D eigenvalue weighted by molar-refractivity contribution is 6.37. The second kappa shape index (κ2) is 6.25. The Morgan fingerprint density at radius 1 is 1.15 bits per heavy atom. The number of alkyl halides is 3. The van der Waals surface area contributed by atoms with E-state index in [1.807, 2.05) is 16.8 Å². The van der Waals surface area contributed by atoms with Crippen molar-refractivity contribution in [3.8, 4) is 11.1 Å². The molecule has 4 nitrogen and oxygen atoms in total. The summed E-state index contributed by atoms with van der Waals surface area (Å²) in [5, 5.41) is 18.0. The van der Waals surface area contributed by atoms with E-state index >= 15 is 0 Å². The summed E-state index contributed by atoms with van der Waals surface area (Å²) in [6.45, 7) is 0.816. The number of hydrogen-bond acceptors (Lipinski definition) is 3. The molecule has 1 atom stereocenters. The van der Waals surface area contributed by atoms with Crippen LogP contribution < -0.4 is 0 Å². The van der Waals surface area contributed by atoms with Crippen molar-refractivity contribution in [2.45, 2.75) is 31.7 Å². The van der Waals surface area contributed by atoms with Gasteiger partial charge >= 0.3 is 6.18 Å². The van der Waals surface area contributed by atoms with Crippen molar-refractivity contribution in [2.75, 3.05) is 0 Å². The number of aromatic nitrogens is 3. The molecule has 1 fully saturated rings. The third-order valence-corrected chi connectivity index (χ3v) is 4.98. The van der Waals surface area contributed by atoms with E-state index in [0.29, 0.717) is 27.6 Å². The molecule has 2 aromatic carbocycles. The van der Waals surface area contributed by atoms with E-state index in [2.05, 4.69) is 10.3 Å². The highest BCUT2D eigenvalue weighted by atomic mass is 35.5. The maximum atomic E-state index is 12.6. The molecular weight excluding hydrogens is 367 g/mol. The van der Waals surface area contributed by atoms with Crippen molar-refractivity contribution in [1.82, 2.24) is 15.0 Å². The first-order valence-corrected chi connectivity index (χ1v) is 8.59. The van der Waals surface area contributed by atoms with Gasteiger partial charge in [0.1, 0.15) is 5.52 Å². The molecule has 1 aliphatic rings. The zero-order chi connectivity index (χ0) is 18.5. The Kier molecular flexibility index (Phi) is 4.16. The number of halogens is 4. The van der Waals surface area contributed by atoms with Crippen LogP contribution in [0, 0.1) is 5.92 Å². The Morgan fingerprint density at radius 3 is 2.46 bits per heavy atom. The molecule has 0 radical (unpaired) electrons. The van der Waals surface area contributed by atoms with Gasteiger partial charge in [-0.1, -0.05) is 47.1 Å². The lowest BCUT2D eigenvalue weighted by Gasteiger charge is -2.15. The molecule has 1 heterocycles. The van der Waals surface area contributed by atoms with Crippen LogP contribution >= 0.6 is 11.6 Å². The number of aliphatic hydroxyl groups is 1. The van der Waals surface area contributed by atoms with Gasteiger partial charge in [0.05, 0.1) is 10.5 Å². The molecule has 3 aromatic rings. The van der Waals surface area contributed by atoms with Gasteiger partial charge in [-0.05, 0) is 36.0 Å². The summed E-state index contributed by atoms with van der Waals surface area (Å²) in [5.74, 6) is 0.644. The molecule has 0 spiro atoms. The van der Waals surface area contributed by atoms with Crippen LogP contribution in [0.25, 0.3) is 22.2 Å². The molecule has 26 heavy (non-hydrogen) atoms. The molecule has 0 aliphatic heterocycles. The Balaban J connectivity index is 1.67. The summed E-state index contributed by atoms with van der Waals surface area (Å²) in [6.07, 6.45) is -4.80. The lowest BCUT2D eigenvalue weighted by molar-refractivity contribution is -0.206. The Labute approximate surface area is 152 Å². The van der Waals surface area contributed by atoms with Crippen molar-refractivity contribution >= 4 is 22.6 Å². The minimum absolute atomic E-state index is 0.214. The molecule has 0 saturated heterocycles. The number of nitrogens with zero attached hydrogens (tertiary/aromatic N) is 3. The normalized spacial score (nSPS) is 16.2. The predicted molar refractivity (Wildman–Crippen MR) is 91.7 cm³/mol. The van der Waals surface area contributed by atoms with Gasteiger partial charge in [0, 0.05) is 12.1 Å². The molecule has 1 saturated carbocycles. The van der Waals surface area contributed by atoms with E-state index in [4.69, 9.17) is 11.6 Å². The van der Waals surface area contributed by atoms with Gasteiger partial charge < -0.3 is 5.11 Å². The van der Waals surface area contributed by atoms with Crippen LogP contribution in [-0.2, 0) is 6.54 Å². The summed E-state index contributed by atoms with van der Waals surface area (Å²) >= 11 is 6.47. The molecule has 0 bridgehead atoms. The summed E-state index contributed by atoms with van der Waals surface area (Å²) in [7, 11) is 0. The number of aliphatic hydroxyl groups excluding tert-OH is 1. The van der Waals surface area contributed by atoms with E-state index in [-0.39, 0.29) is 5.56 Å². The monoisotopic (exact) mass is 381 g/mol. The fraction of sp³-hybridized carbons (Fsp3) is 0.333. The van der Waals surface area contributed by atoms with Crippen LogP contribution in [0.3, 0.4) is 0 Å². The van der Waals surface area contributed by atoms with Crippen LogP contribution in [0.5, 0.6) is 0 Å². The van der Waals surface area contributed by atoms with Crippen LogP contribution in [0.15, 0.2) is 36.4 Å². The number of benzene rings is 2. The fourth-order valence-corrected chi connectivity index (χ4v) is 3.25. The standard InChI is InChI=1S/C18H15ClF3N3O/c19-15-13(11-3-5-12(6-4-11)17(26)18(20,21)22)7-8-14-16(15)23-24-25(14)9-10-1-2-10/h3-8,10,17,26H,1-2,9H2. The van der Waals surface area contributed by atoms with E-state index in [9.17, 15) is 18.3 Å². The first kappa shape index (κ1) is 17.3. The average Bonchev–Trinajstić information content (AvgIpc) is 3.33. The van der Waals surface area contributed by atoms with Gasteiger partial charge in [0.15, 0.2) is 6.10 Å². The van der Waals surface area contributed by atoms with Gasteiger partial charge in [-0.3, -0.25) is 0 Å².